The van der Waals surface area contributed by atoms with Gasteiger partial charge in [-0.3, -0.25) is 19.2 Å². The van der Waals surface area contributed by atoms with Gasteiger partial charge in [0.05, 0.1) is 11.1 Å². The summed E-state index contributed by atoms with van der Waals surface area (Å²) >= 11 is 0. The maximum absolute atomic E-state index is 12.2. The molecule has 6 N–H and O–H groups in total. The summed E-state index contributed by atoms with van der Waals surface area (Å²) in [5.74, 6) is -7.18. The quantitative estimate of drug-likeness (QED) is 0.275. The Balaban J connectivity index is 2.74. The zero-order valence-corrected chi connectivity index (χ0v) is 15.6. The van der Waals surface area contributed by atoms with Gasteiger partial charge in [0.25, 0.3) is 0 Å². The number of benzene rings is 1. The molecule has 0 saturated carbocycles. The van der Waals surface area contributed by atoms with Crippen molar-refractivity contribution in [2.75, 3.05) is 0 Å². The number of ether oxygens (including phenoxy) is 2. The van der Waals surface area contributed by atoms with Gasteiger partial charge in [-0.25, -0.2) is 9.59 Å². The SMILES string of the molecule is N[C@@H](CCC(=O)OC(=O)c1ccccc1C(=O)OC(=O)CC[C@H](N)C(=O)O)C(=O)O. The second-order valence-electron chi connectivity index (χ2n) is 6.04. The molecule has 1 aromatic carbocycles. The van der Waals surface area contributed by atoms with Crippen LogP contribution in [0.3, 0.4) is 0 Å². The van der Waals surface area contributed by atoms with Crippen molar-refractivity contribution in [2.24, 2.45) is 11.5 Å². The van der Waals surface area contributed by atoms with Gasteiger partial charge in [-0.15, -0.1) is 0 Å². The highest BCUT2D eigenvalue weighted by Crippen LogP contribution is 2.14. The summed E-state index contributed by atoms with van der Waals surface area (Å²) in [6.07, 6.45) is -1.43. The molecule has 0 aliphatic heterocycles. The first kappa shape index (κ1) is 24.4. The van der Waals surface area contributed by atoms with E-state index in [-0.39, 0.29) is 24.0 Å². The molecule has 0 heterocycles. The smallest absolute Gasteiger partial charge is 0.346 e. The van der Waals surface area contributed by atoms with E-state index in [9.17, 15) is 28.8 Å². The van der Waals surface area contributed by atoms with Crippen LogP contribution in [0.2, 0.25) is 0 Å². The van der Waals surface area contributed by atoms with E-state index in [1.807, 2.05) is 0 Å². The fraction of sp³-hybridized carbons (Fsp3) is 0.333. The normalized spacial score (nSPS) is 12.3. The van der Waals surface area contributed by atoms with E-state index in [0.29, 0.717) is 0 Å². The molecule has 0 spiro atoms. The third kappa shape index (κ3) is 7.77. The van der Waals surface area contributed by atoms with Crippen molar-refractivity contribution in [3.8, 4) is 0 Å². The first-order valence-corrected chi connectivity index (χ1v) is 8.58. The molecule has 12 nitrogen and oxygen atoms in total. The molecule has 0 aromatic heterocycles. The van der Waals surface area contributed by atoms with Crippen molar-refractivity contribution in [1.82, 2.24) is 0 Å². The molecule has 0 bridgehead atoms. The Bertz CT molecular complexity index is 782. The van der Waals surface area contributed by atoms with Crippen LogP contribution >= 0.6 is 0 Å². The number of rotatable bonds is 10. The molecule has 162 valence electrons. The highest BCUT2D eigenvalue weighted by molar-refractivity contribution is 6.07. The summed E-state index contributed by atoms with van der Waals surface area (Å²) in [6.45, 7) is 0. The second-order valence-corrected chi connectivity index (χ2v) is 6.04. The van der Waals surface area contributed by atoms with Gasteiger partial charge in [0.2, 0.25) is 0 Å². The Morgan fingerprint density at radius 1 is 0.733 bits per heavy atom. The summed E-state index contributed by atoms with van der Waals surface area (Å²) in [5.41, 5.74) is 9.77. The molecule has 0 aliphatic rings. The predicted octanol–water partition coefficient (Wildman–Crippen LogP) is -0.562. The van der Waals surface area contributed by atoms with E-state index in [1.54, 1.807) is 0 Å². The number of hydrogen-bond acceptors (Lipinski definition) is 10. The average molecular weight is 424 g/mol. The zero-order chi connectivity index (χ0) is 22.8. The van der Waals surface area contributed by atoms with Gasteiger partial charge >= 0.3 is 35.8 Å². The fourth-order valence-electron chi connectivity index (χ4n) is 2.05. The average Bonchev–Trinajstić information content (AvgIpc) is 2.69. The summed E-state index contributed by atoms with van der Waals surface area (Å²) in [7, 11) is 0. The van der Waals surface area contributed by atoms with E-state index in [0.717, 1.165) is 12.1 Å². The Labute approximate surface area is 169 Å². The summed E-state index contributed by atoms with van der Waals surface area (Å²) in [6, 6.07) is 2.42. The van der Waals surface area contributed by atoms with Gasteiger partial charge in [0, 0.05) is 12.8 Å². The second kappa shape index (κ2) is 11.4. The van der Waals surface area contributed by atoms with Crippen LogP contribution in [0.15, 0.2) is 24.3 Å². The lowest BCUT2D eigenvalue weighted by Crippen LogP contribution is -2.31. The first-order chi connectivity index (χ1) is 14.0. The Morgan fingerprint density at radius 2 is 1.07 bits per heavy atom. The van der Waals surface area contributed by atoms with E-state index in [2.05, 4.69) is 9.47 Å². The van der Waals surface area contributed by atoms with Crippen molar-refractivity contribution in [1.29, 1.82) is 0 Å². The minimum Gasteiger partial charge on any atom is -0.480 e. The van der Waals surface area contributed by atoms with Crippen molar-refractivity contribution in [2.45, 2.75) is 37.8 Å². The van der Waals surface area contributed by atoms with Crippen LogP contribution in [-0.2, 0) is 28.7 Å². The number of carbonyl (C=O) groups excluding carboxylic acids is 4. The molecular formula is C18H20N2O10. The summed E-state index contributed by atoms with van der Waals surface area (Å²) < 4.78 is 9.13. The van der Waals surface area contributed by atoms with Crippen LogP contribution in [0.25, 0.3) is 0 Å². The Hall–Kier alpha value is -3.64. The van der Waals surface area contributed by atoms with Crippen LogP contribution in [0.1, 0.15) is 46.4 Å². The predicted molar refractivity (Wildman–Crippen MR) is 97.0 cm³/mol. The number of carbonyl (C=O) groups is 6. The fourth-order valence-corrected chi connectivity index (χ4v) is 2.05. The number of carboxylic acids is 2. The molecule has 30 heavy (non-hydrogen) atoms. The van der Waals surface area contributed by atoms with Gasteiger partial charge in [0.15, 0.2) is 0 Å². The third-order valence-corrected chi connectivity index (χ3v) is 3.73. The Morgan fingerprint density at radius 3 is 1.37 bits per heavy atom. The lowest BCUT2D eigenvalue weighted by Gasteiger charge is -2.09. The molecule has 0 amide bonds. The number of esters is 4. The number of hydrogen-bond donors (Lipinski definition) is 4. The maximum Gasteiger partial charge on any atom is 0.346 e. The first-order valence-electron chi connectivity index (χ1n) is 8.58. The number of aliphatic carboxylic acids is 2. The van der Waals surface area contributed by atoms with Crippen molar-refractivity contribution >= 4 is 35.8 Å². The summed E-state index contributed by atoms with van der Waals surface area (Å²) in [5, 5.41) is 17.3. The van der Waals surface area contributed by atoms with Crippen molar-refractivity contribution in [3.05, 3.63) is 35.4 Å². The minimum absolute atomic E-state index is 0.266. The molecule has 1 rings (SSSR count). The molecule has 1 aromatic rings. The standard InChI is InChI=1S/C18H20N2O10/c19-11(15(23)24)5-7-13(21)29-17(27)9-3-1-2-4-10(9)18(28)30-14(22)8-6-12(20)16(25)26/h1-4,11-12H,5-8,19-20H2,(H,23,24)(H,25,26)/t11-,12-/m0/s1. The van der Waals surface area contributed by atoms with Gasteiger partial charge in [-0.05, 0) is 25.0 Å². The maximum atomic E-state index is 12.2. The molecule has 2 atom stereocenters. The third-order valence-electron chi connectivity index (χ3n) is 3.73. The minimum atomic E-state index is -1.32. The van der Waals surface area contributed by atoms with Gasteiger partial charge in [-0.1, -0.05) is 12.1 Å². The summed E-state index contributed by atoms with van der Waals surface area (Å²) in [4.78, 5) is 69.0. The van der Waals surface area contributed by atoms with E-state index < -0.39 is 60.7 Å². The topological polar surface area (TPSA) is 213 Å². The van der Waals surface area contributed by atoms with Crippen LogP contribution in [-0.4, -0.2) is 58.1 Å². The van der Waals surface area contributed by atoms with E-state index >= 15 is 0 Å². The number of carboxylic acid groups (broad SMARTS) is 2. The highest BCUT2D eigenvalue weighted by atomic mass is 16.6. The Kier molecular flexibility index (Phi) is 9.26. The zero-order valence-electron chi connectivity index (χ0n) is 15.6. The highest BCUT2D eigenvalue weighted by Gasteiger charge is 2.24. The van der Waals surface area contributed by atoms with Crippen LogP contribution in [0.4, 0.5) is 0 Å². The molecule has 0 saturated heterocycles. The van der Waals surface area contributed by atoms with Crippen molar-refractivity contribution < 1.29 is 48.5 Å². The van der Waals surface area contributed by atoms with E-state index in [1.165, 1.54) is 12.1 Å². The molecule has 0 fully saturated rings. The van der Waals surface area contributed by atoms with Gasteiger partial charge in [-0.2, -0.15) is 0 Å². The van der Waals surface area contributed by atoms with Gasteiger partial charge in [0.1, 0.15) is 12.1 Å². The van der Waals surface area contributed by atoms with Gasteiger partial charge < -0.3 is 31.2 Å². The lowest BCUT2D eigenvalue weighted by molar-refractivity contribution is -0.142. The molecule has 0 unspecified atom stereocenters. The molecule has 0 radical (unpaired) electrons. The largest absolute Gasteiger partial charge is 0.480 e. The van der Waals surface area contributed by atoms with E-state index in [4.69, 9.17) is 21.7 Å². The van der Waals surface area contributed by atoms with Crippen LogP contribution < -0.4 is 11.5 Å². The molecule has 0 aliphatic carbocycles. The number of nitrogens with two attached hydrogens (primary N) is 2. The van der Waals surface area contributed by atoms with Crippen molar-refractivity contribution in [3.63, 3.8) is 0 Å². The van der Waals surface area contributed by atoms with Crippen LogP contribution in [0, 0.1) is 0 Å². The molecular weight excluding hydrogens is 404 g/mol. The monoisotopic (exact) mass is 424 g/mol. The molecule has 12 heteroatoms. The van der Waals surface area contributed by atoms with Crippen LogP contribution in [0.5, 0.6) is 0 Å². The lowest BCUT2D eigenvalue weighted by atomic mass is 10.1.